The van der Waals surface area contributed by atoms with Crippen molar-refractivity contribution in [2.24, 2.45) is 5.92 Å². The molecular formula is C93H97Cl2F6N7O6. The van der Waals surface area contributed by atoms with Crippen LogP contribution in [0.15, 0.2) is 224 Å². The second-order valence-corrected chi connectivity index (χ2v) is 30.2. The van der Waals surface area contributed by atoms with Crippen LogP contribution in [0.3, 0.4) is 0 Å². The van der Waals surface area contributed by atoms with Gasteiger partial charge < -0.3 is 54.2 Å². The first-order valence-electron chi connectivity index (χ1n) is 38.4. The average molecular weight is 1590 g/mol. The number of rotatable bonds is 22. The van der Waals surface area contributed by atoms with Crippen LogP contribution in [0.1, 0.15) is 142 Å². The van der Waals surface area contributed by atoms with Crippen molar-refractivity contribution in [3.05, 3.63) is 342 Å². The molecule has 0 saturated carbocycles. The van der Waals surface area contributed by atoms with Crippen molar-refractivity contribution >= 4 is 34.6 Å². The zero-order valence-electron chi connectivity index (χ0n) is 65.0. The predicted octanol–water partition coefficient (Wildman–Crippen LogP) is 21.9. The fraction of sp³-hybridized carbons (Fsp3) is 0.333. The third kappa shape index (κ3) is 22.0. The number of halogens is 8. The quantitative estimate of drug-likeness (QED) is 0.0446. The Balaban J connectivity index is 0.000000141. The maximum atomic E-state index is 13.4. The third-order valence-corrected chi connectivity index (χ3v) is 22.1. The molecule has 0 aromatic heterocycles. The number of alkyl halides is 3. The molecule has 1 saturated heterocycles. The van der Waals surface area contributed by atoms with Gasteiger partial charge in [-0.3, -0.25) is 0 Å². The summed E-state index contributed by atoms with van der Waals surface area (Å²) in [4.78, 5) is 11.3. The van der Waals surface area contributed by atoms with Crippen LogP contribution in [0.2, 0.25) is 10.0 Å². The molecule has 0 bridgehead atoms. The van der Waals surface area contributed by atoms with Crippen molar-refractivity contribution in [3.63, 3.8) is 0 Å². The summed E-state index contributed by atoms with van der Waals surface area (Å²) in [6.07, 6.45) is 3.06. The first-order chi connectivity index (χ1) is 55.1. The fourth-order valence-electron chi connectivity index (χ4n) is 15.5. The Bertz CT molecular complexity index is 4710. The smallest absolute Gasteiger partial charge is 0.416 e. The van der Waals surface area contributed by atoms with Gasteiger partial charge in [0.1, 0.15) is 46.3 Å². The SMILES string of the molecule is CNCCC(Oc1ccc(C(F)(F)F)cc1)c1ccccc1.CN[C@H]1CC[C@@H](c2ccc(Cl)c(Cl)c2)c2ccccc21.Fc1ccc([C@@H]2CCNC[C@H]2COc2ccc3c(c2)OCO3)cc1.[C-]#[N+]c1ccc2c(c1)COC2(CCCN(C)C)c1ccc(F)cc1.[C-]#[N+]c1ccc2c(c1)CO[C@@]2(CCCN(C)C)c1ccc(F)cc1. The lowest BCUT2D eigenvalue weighted by atomic mass is 9.77. The van der Waals surface area contributed by atoms with Crippen molar-refractivity contribution in [2.45, 2.75) is 106 Å². The minimum absolute atomic E-state index is 0.194. The molecule has 4 aliphatic heterocycles. The maximum absolute atomic E-state index is 13.4. The number of hydrogen-bond donors (Lipinski definition) is 3. The van der Waals surface area contributed by atoms with Crippen LogP contribution in [-0.2, 0) is 40.1 Å². The Morgan fingerprint density at radius 2 is 1.12 bits per heavy atom. The van der Waals surface area contributed by atoms with Gasteiger partial charge >= 0.3 is 6.18 Å². The second kappa shape index (κ2) is 40.5. The van der Waals surface area contributed by atoms with E-state index in [1.165, 1.54) is 70.8 Å². The molecule has 5 aliphatic rings. The highest BCUT2D eigenvalue weighted by Crippen LogP contribution is 2.49. The van der Waals surface area contributed by atoms with Crippen molar-refractivity contribution < 1.29 is 54.8 Å². The van der Waals surface area contributed by atoms with Gasteiger partial charge in [-0.15, -0.1) is 0 Å². The van der Waals surface area contributed by atoms with Gasteiger partial charge in [-0.25, -0.2) is 22.9 Å². The molecule has 3 N–H and O–H groups in total. The summed E-state index contributed by atoms with van der Waals surface area (Å²) >= 11 is 12.2. The third-order valence-electron chi connectivity index (χ3n) is 21.3. The minimum atomic E-state index is -4.33. The molecule has 1 fully saturated rings. The molecule has 13 nitrogen and oxygen atoms in total. The molecule has 4 heterocycles. The number of benzene rings is 10. The molecule has 10 aromatic carbocycles. The fourth-order valence-corrected chi connectivity index (χ4v) is 15.8. The normalized spacial score (nSPS) is 19.1. The van der Waals surface area contributed by atoms with Gasteiger partial charge in [-0.05, 0) is 265 Å². The van der Waals surface area contributed by atoms with Crippen molar-refractivity contribution in [3.8, 4) is 23.0 Å². The van der Waals surface area contributed by atoms with Crippen LogP contribution < -0.4 is 34.9 Å². The van der Waals surface area contributed by atoms with E-state index in [0.717, 1.165) is 152 Å². The van der Waals surface area contributed by atoms with E-state index in [1.54, 1.807) is 0 Å². The zero-order chi connectivity index (χ0) is 80.8. The lowest BCUT2D eigenvalue weighted by Gasteiger charge is -2.32. The number of hydrogen-bond acceptors (Lipinski definition) is 11. The highest BCUT2D eigenvalue weighted by Gasteiger charge is 2.43. The van der Waals surface area contributed by atoms with Gasteiger partial charge in [0.05, 0.1) is 48.6 Å². The summed E-state index contributed by atoms with van der Waals surface area (Å²) < 4.78 is 113. The molecule has 596 valence electrons. The van der Waals surface area contributed by atoms with Gasteiger partial charge in [0.15, 0.2) is 22.9 Å². The van der Waals surface area contributed by atoms with Gasteiger partial charge in [0.25, 0.3) is 0 Å². The number of nitrogens with zero attached hydrogens (tertiary/aromatic N) is 4. The standard InChI is InChI=1S/2C20H21FN2O.C19H20FNO3.C17H17Cl2N.C17H18F3NO/c2*1-22-18-9-10-19-15(13-18)14-24-20(19,11-4-12-23(2)3)16-5-7-17(21)8-6-16;20-15-3-1-13(2-4-15)17-7-8-21-10-14(17)11-22-16-5-6-18-19(9-16)24-12-23-18;1-20-17-9-7-12(13-4-2-3-5-14(13)17)11-6-8-15(18)16(19)10-11;1-21-12-11-16(13-5-3-2-4-6-13)22-15-9-7-14(8-10-15)17(18,19)20/h2*5-10,13H,4,11-12,14H2,2-3H3;1-6,9,14,17,21H,7-8,10-12H2;2-6,8,10,12,17,20H,7,9H2,1H3;2-10,16,21H,11-12H2,1H3/t20-;;14-,17-;12-,17-;/m0.00./s1. The lowest BCUT2D eigenvalue weighted by molar-refractivity contribution is -0.137. The first-order valence-corrected chi connectivity index (χ1v) is 39.2. The van der Waals surface area contributed by atoms with E-state index in [2.05, 4.69) is 94.0 Å². The van der Waals surface area contributed by atoms with Gasteiger partial charge in [0, 0.05) is 36.9 Å². The van der Waals surface area contributed by atoms with Crippen molar-refractivity contribution in [1.82, 2.24) is 25.8 Å². The number of fused-ring (bicyclic) bond motifs is 4. The lowest BCUT2D eigenvalue weighted by Crippen LogP contribution is -2.38. The zero-order valence-corrected chi connectivity index (χ0v) is 66.5. The van der Waals surface area contributed by atoms with Crippen LogP contribution in [0.5, 0.6) is 23.0 Å². The minimum Gasteiger partial charge on any atom is -0.493 e. The molecule has 114 heavy (non-hydrogen) atoms. The summed E-state index contributed by atoms with van der Waals surface area (Å²) in [5.74, 6) is 3.13. The number of piperidine rings is 1. The molecule has 21 heteroatoms. The highest BCUT2D eigenvalue weighted by molar-refractivity contribution is 6.42. The largest absolute Gasteiger partial charge is 0.493 e. The van der Waals surface area contributed by atoms with Crippen LogP contribution in [-0.4, -0.2) is 98.2 Å². The van der Waals surface area contributed by atoms with E-state index >= 15 is 0 Å². The summed E-state index contributed by atoms with van der Waals surface area (Å²) in [5.41, 5.74) is 11.9. The molecule has 7 atom stereocenters. The second-order valence-electron chi connectivity index (χ2n) is 29.4. The maximum Gasteiger partial charge on any atom is 0.416 e. The summed E-state index contributed by atoms with van der Waals surface area (Å²) in [6, 6.07) is 66.7. The molecule has 0 spiro atoms. The van der Waals surface area contributed by atoms with E-state index in [9.17, 15) is 26.3 Å². The van der Waals surface area contributed by atoms with Crippen LogP contribution >= 0.6 is 23.2 Å². The summed E-state index contributed by atoms with van der Waals surface area (Å²) in [7, 11) is 12.1. The highest BCUT2D eigenvalue weighted by atomic mass is 35.5. The predicted molar refractivity (Wildman–Crippen MR) is 439 cm³/mol. The molecule has 0 amide bonds. The monoisotopic (exact) mass is 1590 g/mol. The first kappa shape index (κ1) is 85.2. The Hall–Kier alpha value is -9.74. The molecule has 0 radical (unpaired) electrons. The van der Waals surface area contributed by atoms with Crippen molar-refractivity contribution in [1.29, 1.82) is 0 Å². The van der Waals surface area contributed by atoms with Gasteiger partial charge in [-0.1, -0.05) is 157 Å². The van der Waals surface area contributed by atoms with E-state index < -0.39 is 22.9 Å². The Morgan fingerprint density at radius 1 is 0.579 bits per heavy atom. The Morgan fingerprint density at radius 3 is 1.67 bits per heavy atom. The van der Waals surface area contributed by atoms with Crippen LogP contribution in [0.4, 0.5) is 37.7 Å². The molecule has 2 unspecified atom stereocenters. The summed E-state index contributed by atoms with van der Waals surface area (Å²) in [5, 5.41) is 11.1. The van der Waals surface area contributed by atoms with E-state index in [4.69, 9.17) is 64.8 Å². The topological polar surface area (TPSA) is 107 Å². The average Bonchev–Trinajstić information content (AvgIpc) is 1.60. The molecule has 1 aliphatic carbocycles. The van der Waals surface area contributed by atoms with E-state index in [-0.39, 0.29) is 30.3 Å². The van der Waals surface area contributed by atoms with Gasteiger partial charge in [0.2, 0.25) is 6.79 Å². The Kier molecular flexibility index (Phi) is 30.3. The molecule has 10 aromatic rings. The Labute approximate surface area is 676 Å². The molecular weight excluding hydrogens is 1500 g/mol. The van der Waals surface area contributed by atoms with Gasteiger partial charge in [-0.2, -0.15) is 13.2 Å². The van der Waals surface area contributed by atoms with Crippen molar-refractivity contribution in [2.75, 3.05) is 88.4 Å². The van der Waals surface area contributed by atoms with E-state index in [0.29, 0.717) is 70.8 Å². The number of nitrogens with one attached hydrogen (secondary N) is 3. The molecule has 15 rings (SSSR count). The number of ether oxygens (including phenoxy) is 6. The summed E-state index contributed by atoms with van der Waals surface area (Å²) in [6.45, 7) is 20.8. The van der Waals surface area contributed by atoms with Crippen LogP contribution in [0, 0.1) is 36.5 Å². The van der Waals surface area contributed by atoms with E-state index in [1.807, 2.05) is 148 Å². The van der Waals surface area contributed by atoms with Crippen LogP contribution in [0.25, 0.3) is 9.69 Å².